The van der Waals surface area contributed by atoms with Crippen molar-refractivity contribution in [3.05, 3.63) is 23.0 Å². The molecule has 5 heteroatoms. The molecule has 5 nitrogen and oxygen atoms in total. The molecule has 0 spiro atoms. The molecule has 1 aliphatic rings. The van der Waals surface area contributed by atoms with E-state index in [0.29, 0.717) is 18.0 Å². The lowest BCUT2D eigenvalue weighted by atomic mass is 10.1. The minimum atomic E-state index is -0.950. The van der Waals surface area contributed by atoms with Gasteiger partial charge in [-0.2, -0.15) is 0 Å². The van der Waals surface area contributed by atoms with Crippen molar-refractivity contribution < 1.29 is 14.6 Å². The van der Waals surface area contributed by atoms with Crippen molar-refractivity contribution in [3.63, 3.8) is 0 Å². The quantitative estimate of drug-likeness (QED) is 0.858. The Hall–Kier alpha value is -1.62. The van der Waals surface area contributed by atoms with Crippen LogP contribution in [0.2, 0.25) is 0 Å². The van der Waals surface area contributed by atoms with Crippen LogP contribution in [0.3, 0.4) is 0 Å². The van der Waals surface area contributed by atoms with E-state index in [0.717, 1.165) is 12.1 Å². The highest BCUT2D eigenvalue weighted by Gasteiger charge is 2.26. The minimum Gasteiger partial charge on any atom is -0.478 e. The lowest BCUT2D eigenvalue weighted by molar-refractivity contribution is 0.0696. The van der Waals surface area contributed by atoms with E-state index >= 15 is 0 Å². The van der Waals surface area contributed by atoms with Crippen LogP contribution in [0.4, 0.5) is 5.69 Å². The van der Waals surface area contributed by atoms with Gasteiger partial charge in [-0.25, -0.2) is 4.79 Å². The van der Waals surface area contributed by atoms with Crippen molar-refractivity contribution >= 4 is 11.7 Å². The molecule has 18 heavy (non-hydrogen) atoms. The molecule has 1 saturated heterocycles. The standard InChI is InChI=1S/C13H18N2O3/c1-7-6-11(12(13(16)17)8(2)14-7)15-10-4-5-18-9(10)3/h6,9-10H,4-5H2,1-3H3,(H,14,15)(H,16,17). The summed E-state index contributed by atoms with van der Waals surface area (Å²) in [5.41, 5.74) is 2.23. The van der Waals surface area contributed by atoms with Crippen LogP contribution in [0, 0.1) is 13.8 Å². The van der Waals surface area contributed by atoms with Crippen LogP contribution in [0.5, 0.6) is 0 Å². The number of pyridine rings is 1. The third-order valence-electron chi connectivity index (χ3n) is 3.26. The maximum absolute atomic E-state index is 11.3. The number of nitrogens with one attached hydrogen (secondary N) is 1. The Morgan fingerprint density at radius 2 is 2.28 bits per heavy atom. The van der Waals surface area contributed by atoms with E-state index in [1.54, 1.807) is 13.0 Å². The number of carboxylic acids is 1. The summed E-state index contributed by atoms with van der Waals surface area (Å²) in [6.45, 7) is 6.28. The Kier molecular flexibility index (Phi) is 3.52. The SMILES string of the molecule is Cc1cc(NC2CCOC2C)c(C(=O)O)c(C)n1. The van der Waals surface area contributed by atoms with E-state index < -0.39 is 5.97 Å². The predicted octanol–water partition coefficient (Wildman–Crippen LogP) is 1.99. The van der Waals surface area contributed by atoms with Gasteiger partial charge >= 0.3 is 5.97 Å². The molecule has 2 rings (SSSR count). The molecule has 0 amide bonds. The first-order valence-corrected chi connectivity index (χ1v) is 6.08. The average molecular weight is 250 g/mol. The predicted molar refractivity (Wildman–Crippen MR) is 68.1 cm³/mol. The van der Waals surface area contributed by atoms with E-state index in [9.17, 15) is 9.90 Å². The third kappa shape index (κ3) is 2.46. The Labute approximate surface area is 106 Å². The Morgan fingerprint density at radius 3 is 2.83 bits per heavy atom. The highest BCUT2D eigenvalue weighted by Crippen LogP contribution is 2.24. The summed E-state index contributed by atoms with van der Waals surface area (Å²) in [6.07, 6.45) is 0.987. The van der Waals surface area contributed by atoms with Crippen molar-refractivity contribution in [3.8, 4) is 0 Å². The zero-order chi connectivity index (χ0) is 13.3. The molecule has 0 radical (unpaired) electrons. The first-order valence-electron chi connectivity index (χ1n) is 6.08. The van der Waals surface area contributed by atoms with Crippen LogP contribution >= 0.6 is 0 Å². The first kappa shape index (κ1) is 12.8. The molecule has 0 aliphatic carbocycles. The highest BCUT2D eigenvalue weighted by atomic mass is 16.5. The number of nitrogens with zero attached hydrogens (tertiary/aromatic N) is 1. The molecule has 2 N–H and O–H groups in total. The second-order valence-electron chi connectivity index (χ2n) is 4.69. The maximum Gasteiger partial charge on any atom is 0.339 e. The number of ether oxygens (including phenoxy) is 1. The maximum atomic E-state index is 11.3. The molecule has 1 fully saturated rings. The van der Waals surface area contributed by atoms with Gasteiger partial charge in [0, 0.05) is 12.3 Å². The summed E-state index contributed by atoms with van der Waals surface area (Å²) >= 11 is 0. The summed E-state index contributed by atoms with van der Waals surface area (Å²) in [7, 11) is 0. The second kappa shape index (κ2) is 4.94. The largest absolute Gasteiger partial charge is 0.478 e. The lowest BCUT2D eigenvalue weighted by Crippen LogP contribution is -2.28. The van der Waals surface area contributed by atoms with Crippen LogP contribution in [-0.4, -0.2) is 34.8 Å². The zero-order valence-corrected chi connectivity index (χ0v) is 10.9. The number of carbonyl (C=O) groups is 1. The molecule has 1 aromatic heterocycles. The fraction of sp³-hybridized carbons (Fsp3) is 0.538. The fourth-order valence-corrected chi connectivity index (χ4v) is 2.33. The van der Waals surface area contributed by atoms with E-state index in [4.69, 9.17) is 4.74 Å². The van der Waals surface area contributed by atoms with Crippen molar-refractivity contribution in [1.82, 2.24) is 4.98 Å². The van der Waals surface area contributed by atoms with Gasteiger partial charge in [0.1, 0.15) is 5.56 Å². The molecule has 2 unspecified atom stereocenters. The molecule has 1 aliphatic heterocycles. The van der Waals surface area contributed by atoms with Gasteiger partial charge in [-0.15, -0.1) is 0 Å². The summed E-state index contributed by atoms with van der Waals surface area (Å²) in [4.78, 5) is 15.5. The van der Waals surface area contributed by atoms with Crippen molar-refractivity contribution in [2.24, 2.45) is 0 Å². The number of anilines is 1. The Bertz CT molecular complexity index is 474. The normalized spacial score (nSPS) is 23.1. The van der Waals surface area contributed by atoms with E-state index in [1.165, 1.54) is 0 Å². The number of aryl methyl sites for hydroxylation is 2. The minimum absolute atomic E-state index is 0.0976. The van der Waals surface area contributed by atoms with Crippen molar-refractivity contribution in [2.75, 3.05) is 11.9 Å². The van der Waals surface area contributed by atoms with Gasteiger partial charge in [0.05, 0.1) is 23.5 Å². The van der Waals surface area contributed by atoms with Crippen LogP contribution in [0.15, 0.2) is 6.07 Å². The monoisotopic (exact) mass is 250 g/mol. The lowest BCUT2D eigenvalue weighted by Gasteiger charge is -2.19. The number of aromatic carboxylic acids is 1. The topological polar surface area (TPSA) is 71.5 Å². The number of hydrogen-bond acceptors (Lipinski definition) is 4. The fourth-order valence-electron chi connectivity index (χ4n) is 2.33. The van der Waals surface area contributed by atoms with Gasteiger partial charge < -0.3 is 15.2 Å². The van der Waals surface area contributed by atoms with E-state index in [1.807, 2.05) is 13.8 Å². The summed E-state index contributed by atoms with van der Waals surface area (Å²) in [5, 5.41) is 12.5. The third-order valence-corrected chi connectivity index (χ3v) is 3.26. The van der Waals surface area contributed by atoms with Crippen LogP contribution in [-0.2, 0) is 4.74 Å². The van der Waals surface area contributed by atoms with Crippen molar-refractivity contribution in [2.45, 2.75) is 39.3 Å². The van der Waals surface area contributed by atoms with Crippen LogP contribution in [0.25, 0.3) is 0 Å². The van der Waals surface area contributed by atoms with Crippen LogP contribution in [0.1, 0.15) is 35.1 Å². The van der Waals surface area contributed by atoms with Gasteiger partial charge in [0.2, 0.25) is 0 Å². The number of carboxylic acid groups (broad SMARTS) is 1. The molecule has 2 atom stereocenters. The molecule has 2 heterocycles. The smallest absolute Gasteiger partial charge is 0.339 e. The van der Waals surface area contributed by atoms with Gasteiger partial charge in [0.15, 0.2) is 0 Å². The van der Waals surface area contributed by atoms with E-state index in [2.05, 4.69) is 10.3 Å². The number of hydrogen-bond donors (Lipinski definition) is 2. The number of rotatable bonds is 3. The van der Waals surface area contributed by atoms with Gasteiger partial charge in [-0.3, -0.25) is 4.98 Å². The first-order chi connectivity index (χ1) is 8.49. The van der Waals surface area contributed by atoms with Gasteiger partial charge in [-0.1, -0.05) is 0 Å². The summed E-state index contributed by atoms with van der Waals surface area (Å²) in [5.74, 6) is -0.950. The molecule has 1 aromatic rings. The molecular weight excluding hydrogens is 232 g/mol. The second-order valence-corrected chi connectivity index (χ2v) is 4.69. The average Bonchev–Trinajstić information content (AvgIpc) is 2.62. The molecular formula is C13H18N2O3. The zero-order valence-electron chi connectivity index (χ0n) is 10.9. The van der Waals surface area contributed by atoms with E-state index in [-0.39, 0.29) is 17.7 Å². The Balaban J connectivity index is 2.33. The highest BCUT2D eigenvalue weighted by molar-refractivity contribution is 5.95. The molecule has 0 aromatic carbocycles. The number of aromatic nitrogens is 1. The van der Waals surface area contributed by atoms with Gasteiger partial charge in [0.25, 0.3) is 0 Å². The van der Waals surface area contributed by atoms with Crippen molar-refractivity contribution in [1.29, 1.82) is 0 Å². The summed E-state index contributed by atoms with van der Waals surface area (Å²) in [6, 6.07) is 1.94. The molecule has 0 bridgehead atoms. The molecule has 98 valence electrons. The van der Waals surface area contributed by atoms with Crippen LogP contribution < -0.4 is 5.32 Å². The van der Waals surface area contributed by atoms with Gasteiger partial charge in [-0.05, 0) is 33.3 Å². The Morgan fingerprint density at radius 1 is 1.56 bits per heavy atom. The summed E-state index contributed by atoms with van der Waals surface area (Å²) < 4.78 is 5.47. The molecule has 0 saturated carbocycles.